The van der Waals surface area contributed by atoms with E-state index in [2.05, 4.69) is 27.0 Å². The van der Waals surface area contributed by atoms with E-state index in [1.165, 1.54) is 11.5 Å². The fraction of sp³-hybridized carbons (Fsp3) is 0.214. The van der Waals surface area contributed by atoms with Crippen LogP contribution in [0.1, 0.15) is 29.2 Å². The maximum atomic E-state index is 5.79. The lowest BCUT2D eigenvalue weighted by Crippen LogP contribution is -2.30. The normalized spacial score (nSPS) is 12.5. The van der Waals surface area contributed by atoms with Crippen molar-refractivity contribution in [1.82, 2.24) is 24.8 Å². The Bertz CT molecular complexity index is 705. The largest absolute Gasteiger partial charge is 0.270 e. The molecule has 0 saturated heterocycles. The highest BCUT2D eigenvalue weighted by Gasteiger charge is 2.23. The highest BCUT2D eigenvalue weighted by atomic mass is 32.1. The first-order valence-electron chi connectivity index (χ1n) is 6.71. The maximum Gasteiger partial charge on any atom is 0.101 e. The van der Waals surface area contributed by atoms with Gasteiger partial charge in [0.05, 0.1) is 22.0 Å². The molecule has 1 aromatic carbocycles. The zero-order valence-corrected chi connectivity index (χ0v) is 12.4. The number of hydrogen-bond donors (Lipinski definition) is 2. The van der Waals surface area contributed by atoms with Gasteiger partial charge in [-0.1, -0.05) is 29.6 Å². The van der Waals surface area contributed by atoms with E-state index in [9.17, 15) is 0 Å². The van der Waals surface area contributed by atoms with Crippen LogP contribution in [0.5, 0.6) is 0 Å². The van der Waals surface area contributed by atoms with Crippen molar-refractivity contribution in [1.29, 1.82) is 0 Å². The van der Waals surface area contributed by atoms with E-state index >= 15 is 0 Å². The summed E-state index contributed by atoms with van der Waals surface area (Å²) in [7, 11) is 0. The van der Waals surface area contributed by atoms with Crippen LogP contribution in [0.3, 0.4) is 0 Å². The molecule has 1 unspecified atom stereocenters. The van der Waals surface area contributed by atoms with Crippen molar-refractivity contribution in [3.05, 3.63) is 58.9 Å². The standard InChI is InChI=1S/C14H16N6S/c1-2-11-14(21-19-18-11)13(17-15)12-8-9-16-20(12)10-6-4-3-5-7-10/h3-9,13,17H,2,15H2,1H3. The molecule has 6 nitrogen and oxygen atoms in total. The van der Waals surface area contributed by atoms with Gasteiger partial charge in [0.15, 0.2) is 0 Å². The lowest BCUT2D eigenvalue weighted by atomic mass is 10.1. The second-order valence-corrected chi connectivity index (χ2v) is 5.33. The summed E-state index contributed by atoms with van der Waals surface area (Å²) in [5, 5.41) is 8.56. The van der Waals surface area contributed by atoms with Crippen LogP contribution in [-0.2, 0) is 6.42 Å². The van der Waals surface area contributed by atoms with Crippen LogP contribution in [0.15, 0.2) is 42.6 Å². The summed E-state index contributed by atoms with van der Waals surface area (Å²) in [5.74, 6) is 5.79. The van der Waals surface area contributed by atoms with Crippen LogP contribution in [-0.4, -0.2) is 19.4 Å². The van der Waals surface area contributed by atoms with Crippen LogP contribution < -0.4 is 11.3 Å². The summed E-state index contributed by atoms with van der Waals surface area (Å²) < 4.78 is 5.92. The summed E-state index contributed by atoms with van der Waals surface area (Å²) in [5.41, 5.74) is 5.78. The van der Waals surface area contributed by atoms with E-state index in [1.807, 2.05) is 41.1 Å². The van der Waals surface area contributed by atoms with Crippen molar-refractivity contribution in [3.63, 3.8) is 0 Å². The van der Waals surface area contributed by atoms with Gasteiger partial charge < -0.3 is 0 Å². The fourth-order valence-electron chi connectivity index (χ4n) is 2.29. The molecular formula is C14H16N6S. The Morgan fingerprint density at radius 3 is 2.81 bits per heavy atom. The molecule has 0 aliphatic rings. The highest BCUT2D eigenvalue weighted by Crippen LogP contribution is 2.28. The van der Waals surface area contributed by atoms with Gasteiger partial charge in [-0.05, 0) is 36.2 Å². The summed E-state index contributed by atoms with van der Waals surface area (Å²) >= 11 is 1.36. The Kier molecular flexibility index (Phi) is 4.05. The Morgan fingerprint density at radius 1 is 1.29 bits per heavy atom. The third-order valence-corrected chi connectivity index (χ3v) is 4.15. The van der Waals surface area contributed by atoms with E-state index in [4.69, 9.17) is 5.84 Å². The second-order valence-electron chi connectivity index (χ2n) is 4.54. The minimum Gasteiger partial charge on any atom is -0.270 e. The van der Waals surface area contributed by atoms with Gasteiger partial charge in [-0.3, -0.25) is 5.84 Å². The number of nitrogens with one attached hydrogen (secondary N) is 1. The predicted octanol–water partition coefficient (Wildman–Crippen LogP) is 1.84. The highest BCUT2D eigenvalue weighted by molar-refractivity contribution is 7.05. The molecule has 2 heterocycles. The second kappa shape index (κ2) is 6.13. The zero-order chi connectivity index (χ0) is 14.7. The fourth-order valence-corrected chi connectivity index (χ4v) is 3.10. The van der Waals surface area contributed by atoms with Crippen LogP contribution in [0.25, 0.3) is 5.69 Å². The average Bonchev–Trinajstić information content (AvgIpc) is 3.18. The first-order valence-corrected chi connectivity index (χ1v) is 7.49. The molecule has 0 aliphatic carbocycles. The minimum atomic E-state index is -0.178. The number of hydrogen-bond acceptors (Lipinski definition) is 6. The van der Waals surface area contributed by atoms with Crippen molar-refractivity contribution in [2.24, 2.45) is 5.84 Å². The number of nitrogens with two attached hydrogens (primary N) is 1. The third-order valence-electron chi connectivity index (χ3n) is 3.32. The van der Waals surface area contributed by atoms with Crippen molar-refractivity contribution in [2.75, 3.05) is 0 Å². The van der Waals surface area contributed by atoms with Crippen LogP contribution in [0.4, 0.5) is 0 Å². The Hall–Kier alpha value is -2.09. The molecule has 3 rings (SSSR count). The number of rotatable bonds is 5. The monoisotopic (exact) mass is 300 g/mol. The summed E-state index contributed by atoms with van der Waals surface area (Å²) in [6, 6.07) is 11.7. The number of benzene rings is 1. The number of aromatic nitrogens is 4. The van der Waals surface area contributed by atoms with Gasteiger partial charge >= 0.3 is 0 Å². The number of hydrazine groups is 1. The van der Waals surface area contributed by atoms with Crippen molar-refractivity contribution in [2.45, 2.75) is 19.4 Å². The van der Waals surface area contributed by atoms with Crippen molar-refractivity contribution < 1.29 is 0 Å². The van der Waals surface area contributed by atoms with E-state index in [0.29, 0.717) is 0 Å². The van der Waals surface area contributed by atoms with E-state index < -0.39 is 0 Å². The van der Waals surface area contributed by atoms with Gasteiger partial charge in [0.25, 0.3) is 0 Å². The minimum absolute atomic E-state index is 0.178. The average molecular weight is 300 g/mol. The Labute approximate surface area is 126 Å². The molecule has 0 amide bonds. The molecule has 7 heteroatoms. The van der Waals surface area contributed by atoms with Gasteiger partial charge in [-0.25, -0.2) is 10.1 Å². The van der Waals surface area contributed by atoms with E-state index in [1.54, 1.807) is 6.20 Å². The molecule has 0 aliphatic heterocycles. The van der Waals surface area contributed by atoms with Crippen molar-refractivity contribution in [3.8, 4) is 5.69 Å². The molecule has 0 saturated carbocycles. The van der Waals surface area contributed by atoms with Crippen LogP contribution >= 0.6 is 11.5 Å². The lowest BCUT2D eigenvalue weighted by molar-refractivity contribution is 0.600. The van der Waals surface area contributed by atoms with Crippen LogP contribution in [0, 0.1) is 0 Å². The van der Waals surface area contributed by atoms with Gasteiger partial charge in [0.1, 0.15) is 6.04 Å². The molecule has 0 radical (unpaired) electrons. The topological polar surface area (TPSA) is 81.7 Å². The predicted molar refractivity (Wildman–Crippen MR) is 82.0 cm³/mol. The molecule has 21 heavy (non-hydrogen) atoms. The first-order chi connectivity index (χ1) is 10.3. The Morgan fingerprint density at radius 2 is 2.10 bits per heavy atom. The summed E-state index contributed by atoms with van der Waals surface area (Å²) in [6.45, 7) is 2.06. The van der Waals surface area contributed by atoms with Gasteiger partial charge in [-0.15, -0.1) is 5.10 Å². The molecule has 3 aromatic rings. The quantitative estimate of drug-likeness (QED) is 0.555. The molecule has 1 atom stereocenters. The third kappa shape index (κ3) is 2.58. The van der Waals surface area contributed by atoms with Gasteiger partial charge in [0.2, 0.25) is 0 Å². The lowest BCUT2D eigenvalue weighted by Gasteiger charge is -2.17. The van der Waals surface area contributed by atoms with E-state index in [0.717, 1.165) is 28.4 Å². The molecular weight excluding hydrogens is 284 g/mol. The molecule has 0 bridgehead atoms. The number of nitrogens with zero attached hydrogens (tertiary/aromatic N) is 4. The first kappa shape index (κ1) is 13.9. The summed E-state index contributed by atoms with van der Waals surface area (Å²) in [4.78, 5) is 1.03. The summed E-state index contributed by atoms with van der Waals surface area (Å²) in [6.07, 6.45) is 2.59. The van der Waals surface area contributed by atoms with Crippen molar-refractivity contribution >= 4 is 11.5 Å². The number of para-hydroxylation sites is 1. The molecule has 0 spiro atoms. The molecule has 108 valence electrons. The molecule has 3 N–H and O–H groups in total. The van der Waals surface area contributed by atoms with E-state index in [-0.39, 0.29) is 6.04 Å². The van der Waals surface area contributed by atoms with Gasteiger partial charge in [0, 0.05) is 6.20 Å². The maximum absolute atomic E-state index is 5.79. The molecule has 2 aromatic heterocycles. The van der Waals surface area contributed by atoms with Crippen LogP contribution in [0.2, 0.25) is 0 Å². The van der Waals surface area contributed by atoms with Gasteiger partial charge in [-0.2, -0.15) is 5.10 Å². The zero-order valence-electron chi connectivity index (χ0n) is 11.6. The Balaban J connectivity index is 2.05. The SMILES string of the molecule is CCc1nnsc1C(NN)c1ccnn1-c1ccccc1. The number of aryl methyl sites for hydroxylation is 1. The molecule has 0 fully saturated rings. The smallest absolute Gasteiger partial charge is 0.101 e.